The lowest BCUT2D eigenvalue weighted by molar-refractivity contribution is -0.0584. The molecule has 2 nitrogen and oxygen atoms in total. The summed E-state index contributed by atoms with van der Waals surface area (Å²) in [5, 5.41) is 0. The molecule has 1 aromatic rings. The summed E-state index contributed by atoms with van der Waals surface area (Å²) in [5.74, 6) is -0.153. The van der Waals surface area contributed by atoms with E-state index in [2.05, 4.69) is 11.8 Å². The van der Waals surface area contributed by atoms with Gasteiger partial charge in [-0.2, -0.15) is 0 Å². The number of hydrogen-bond acceptors (Lipinski definition) is 2. The van der Waals surface area contributed by atoms with Crippen molar-refractivity contribution in [3.63, 3.8) is 0 Å². The molecule has 0 aliphatic carbocycles. The number of ether oxygens (including phenoxy) is 1. The molecule has 1 atom stereocenters. The van der Waals surface area contributed by atoms with Crippen molar-refractivity contribution in [2.45, 2.75) is 24.8 Å². The molecule has 1 unspecified atom stereocenters. The standard InChI is InChI=1S/C14H18FNO/c1-14(11-2-4-12(15)5-3-11)6-7-16(10-14)13-8-17-9-13/h2-5,13H,6-10H2,1H3. The molecule has 2 aliphatic heterocycles. The molecule has 0 radical (unpaired) electrons. The van der Waals surface area contributed by atoms with Crippen LogP contribution in [0.25, 0.3) is 0 Å². The van der Waals surface area contributed by atoms with Gasteiger partial charge in [-0.05, 0) is 30.7 Å². The van der Waals surface area contributed by atoms with Gasteiger partial charge in [-0.15, -0.1) is 0 Å². The van der Waals surface area contributed by atoms with Crippen LogP contribution in [0, 0.1) is 5.82 Å². The average molecular weight is 235 g/mol. The Morgan fingerprint density at radius 3 is 2.59 bits per heavy atom. The molecule has 0 spiro atoms. The van der Waals surface area contributed by atoms with Crippen LogP contribution in [0.15, 0.2) is 24.3 Å². The van der Waals surface area contributed by atoms with Crippen LogP contribution in [0.3, 0.4) is 0 Å². The highest BCUT2D eigenvalue weighted by Crippen LogP contribution is 2.35. The van der Waals surface area contributed by atoms with Crippen LogP contribution in [0.1, 0.15) is 18.9 Å². The minimum atomic E-state index is -0.153. The Kier molecular flexibility index (Phi) is 2.68. The zero-order valence-corrected chi connectivity index (χ0v) is 10.2. The van der Waals surface area contributed by atoms with E-state index in [1.165, 1.54) is 5.56 Å². The predicted octanol–water partition coefficient (Wildman–Crippen LogP) is 2.19. The van der Waals surface area contributed by atoms with E-state index in [-0.39, 0.29) is 11.2 Å². The number of nitrogens with zero attached hydrogens (tertiary/aromatic N) is 1. The van der Waals surface area contributed by atoms with Gasteiger partial charge in [0.1, 0.15) is 5.82 Å². The summed E-state index contributed by atoms with van der Waals surface area (Å²) in [4.78, 5) is 2.51. The monoisotopic (exact) mass is 235 g/mol. The van der Waals surface area contributed by atoms with E-state index in [0.717, 1.165) is 32.7 Å². The molecule has 0 bridgehead atoms. The van der Waals surface area contributed by atoms with Gasteiger partial charge in [-0.3, -0.25) is 4.90 Å². The molecule has 2 aliphatic rings. The van der Waals surface area contributed by atoms with Gasteiger partial charge in [0.2, 0.25) is 0 Å². The smallest absolute Gasteiger partial charge is 0.123 e. The van der Waals surface area contributed by atoms with Crippen LogP contribution in [0.2, 0.25) is 0 Å². The lowest BCUT2D eigenvalue weighted by Gasteiger charge is -2.35. The molecule has 0 amide bonds. The van der Waals surface area contributed by atoms with E-state index in [4.69, 9.17) is 4.74 Å². The highest BCUT2D eigenvalue weighted by Gasteiger charge is 2.39. The van der Waals surface area contributed by atoms with Crippen molar-refractivity contribution in [1.29, 1.82) is 0 Å². The minimum absolute atomic E-state index is 0.153. The topological polar surface area (TPSA) is 12.5 Å². The van der Waals surface area contributed by atoms with Crippen molar-refractivity contribution in [3.8, 4) is 0 Å². The van der Waals surface area contributed by atoms with Crippen molar-refractivity contribution in [2.24, 2.45) is 0 Å². The summed E-state index contributed by atoms with van der Waals surface area (Å²) in [6.45, 7) is 6.22. The van der Waals surface area contributed by atoms with Crippen LogP contribution in [-0.2, 0) is 10.2 Å². The van der Waals surface area contributed by atoms with Crippen molar-refractivity contribution < 1.29 is 9.13 Å². The summed E-state index contributed by atoms with van der Waals surface area (Å²) in [6.07, 6.45) is 1.15. The third kappa shape index (κ3) is 1.98. The maximum absolute atomic E-state index is 12.9. The Balaban J connectivity index is 1.76. The van der Waals surface area contributed by atoms with Gasteiger partial charge in [0, 0.05) is 12.0 Å². The zero-order valence-electron chi connectivity index (χ0n) is 10.2. The fourth-order valence-electron chi connectivity index (χ4n) is 2.83. The van der Waals surface area contributed by atoms with Gasteiger partial charge in [0.25, 0.3) is 0 Å². The number of hydrogen-bond donors (Lipinski definition) is 0. The maximum Gasteiger partial charge on any atom is 0.123 e. The molecule has 3 heteroatoms. The molecule has 2 fully saturated rings. The van der Waals surface area contributed by atoms with Gasteiger partial charge >= 0.3 is 0 Å². The van der Waals surface area contributed by atoms with E-state index >= 15 is 0 Å². The fourth-order valence-corrected chi connectivity index (χ4v) is 2.83. The van der Waals surface area contributed by atoms with E-state index in [0.29, 0.717) is 6.04 Å². The third-order valence-corrected chi connectivity index (χ3v) is 4.18. The Bertz CT molecular complexity index is 401. The van der Waals surface area contributed by atoms with Crippen molar-refractivity contribution in [3.05, 3.63) is 35.6 Å². The maximum atomic E-state index is 12.9. The molecular formula is C14H18FNO. The Labute approximate surface area is 101 Å². The first-order valence-corrected chi connectivity index (χ1v) is 6.25. The van der Waals surface area contributed by atoms with Crippen LogP contribution >= 0.6 is 0 Å². The third-order valence-electron chi connectivity index (χ3n) is 4.18. The highest BCUT2D eigenvalue weighted by molar-refractivity contribution is 5.27. The predicted molar refractivity (Wildman–Crippen MR) is 64.5 cm³/mol. The van der Waals surface area contributed by atoms with Gasteiger partial charge in [0.05, 0.1) is 19.3 Å². The van der Waals surface area contributed by atoms with Gasteiger partial charge in [-0.25, -0.2) is 4.39 Å². The van der Waals surface area contributed by atoms with Gasteiger partial charge in [-0.1, -0.05) is 19.1 Å². The zero-order chi connectivity index (χ0) is 11.9. The largest absolute Gasteiger partial charge is 0.378 e. The Morgan fingerprint density at radius 2 is 2.00 bits per heavy atom. The molecule has 0 saturated carbocycles. The lowest BCUT2D eigenvalue weighted by Crippen LogP contribution is -2.48. The summed E-state index contributed by atoms with van der Waals surface area (Å²) >= 11 is 0. The summed E-state index contributed by atoms with van der Waals surface area (Å²) < 4.78 is 18.2. The van der Waals surface area contributed by atoms with Crippen LogP contribution in [0.5, 0.6) is 0 Å². The molecule has 3 rings (SSSR count). The van der Waals surface area contributed by atoms with E-state index in [1.54, 1.807) is 12.1 Å². The first-order chi connectivity index (χ1) is 8.17. The first-order valence-electron chi connectivity index (χ1n) is 6.25. The molecule has 1 aromatic carbocycles. The molecule has 92 valence electrons. The summed E-state index contributed by atoms with van der Waals surface area (Å²) in [6, 6.07) is 7.59. The molecule has 0 N–H and O–H groups in total. The fraction of sp³-hybridized carbons (Fsp3) is 0.571. The lowest BCUT2D eigenvalue weighted by atomic mass is 9.82. The van der Waals surface area contributed by atoms with Crippen LogP contribution in [-0.4, -0.2) is 37.2 Å². The van der Waals surface area contributed by atoms with Gasteiger partial charge < -0.3 is 4.74 Å². The van der Waals surface area contributed by atoms with E-state index in [9.17, 15) is 4.39 Å². The van der Waals surface area contributed by atoms with Gasteiger partial charge in [0.15, 0.2) is 0 Å². The average Bonchev–Trinajstić information content (AvgIpc) is 2.60. The Morgan fingerprint density at radius 1 is 1.29 bits per heavy atom. The number of benzene rings is 1. The Hall–Kier alpha value is -0.930. The second-order valence-electron chi connectivity index (χ2n) is 5.48. The highest BCUT2D eigenvalue weighted by atomic mass is 19.1. The summed E-state index contributed by atoms with van der Waals surface area (Å²) in [7, 11) is 0. The SMILES string of the molecule is CC1(c2ccc(F)cc2)CCN(C2COC2)C1. The second kappa shape index (κ2) is 4.07. The molecular weight excluding hydrogens is 217 g/mol. The first kappa shape index (κ1) is 11.2. The van der Waals surface area contributed by atoms with E-state index in [1.807, 2.05) is 12.1 Å². The quantitative estimate of drug-likeness (QED) is 0.779. The van der Waals surface area contributed by atoms with Crippen LogP contribution < -0.4 is 0 Å². The van der Waals surface area contributed by atoms with Crippen molar-refractivity contribution >= 4 is 0 Å². The number of rotatable bonds is 2. The molecule has 17 heavy (non-hydrogen) atoms. The van der Waals surface area contributed by atoms with Crippen molar-refractivity contribution in [1.82, 2.24) is 4.90 Å². The molecule has 0 aromatic heterocycles. The minimum Gasteiger partial charge on any atom is -0.378 e. The number of likely N-dealkylation sites (tertiary alicyclic amines) is 1. The van der Waals surface area contributed by atoms with Crippen LogP contribution in [0.4, 0.5) is 4.39 Å². The van der Waals surface area contributed by atoms with Crippen molar-refractivity contribution in [2.75, 3.05) is 26.3 Å². The second-order valence-corrected chi connectivity index (χ2v) is 5.48. The normalized spacial score (nSPS) is 30.5. The molecule has 2 heterocycles. The number of halogens is 1. The van der Waals surface area contributed by atoms with E-state index < -0.39 is 0 Å². The summed E-state index contributed by atoms with van der Waals surface area (Å²) in [5.41, 5.74) is 1.42. The molecule has 2 saturated heterocycles.